The van der Waals surface area contributed by atoms with Gasteiger partial charge in [0.05, 0.1) is 13.2 Å². The molecule has 0 aromatic rings. The lowest BCUT2D eigenvalue weighted by atomic mass is 10.4. The summed E-state index contributed by atoms with van der Waals surface area (Å²) in [6.45, 7) is 5.16. The lowest BCUT2D eigenvalue weighted by Gasteiger charge is -2.38. The standard InChI is InChI=1S/C9H20O5Si/c1-9(2,14-7-8-6-13-8)15(10-3,11-4)12-5/h8H,6-7H2,1-5H3. The van der Waals surface area contributed by atoms with E-state index in [1.807, 2.05) is 13.8 Å². The number of hydrogen-bond donors (Lipinski definition) is 0. The Bertz CT molecular complexity index is 192. The first-order valence-electron chi connectivity index (χ1n) is 4.92. The molecule has 1 atom stereocenters. The number of ether oxygens (including phenoxy) is 2. The fraction of sp³-hybridized carbons (Fsp3) is 1.00. The molecule has 1 rings (SSSR count). The number of epoxide rings is 1. The van der Waals surface area contributed by atoms with Gasteiger partial charge in [0.2, 0.25) is 0 Å². The van der Waals surface area contributed by atoms with Crippen molar-refractivity contribution in [1.82, 2.24) is 0 Å². The van der Waals surface area contributed by atoms with Crippen LogP contribution in [0.15, 0.2) is 0 Å². The molecule has 0 N–H and O–H groups in total. The second kappa shape index (κ2) is 4.90. The largest absolute Gasteiger partial charge is 0.533 e. The zero-order chi connectivity index (χ0) is 11.5. The minimum atomic E-state index is -2.76. The van der Waals surface area contributed by atoms with Crippen LogP contribution < -0.4 is 0 Å². The van der Waals surface area contributed by atoms with Crippen LogP contribution in [-0.2, 0) is 22.8 Å². The molecule has 0 aromatic carbocycles. The summed E-state index contributed by atoms with van der Waals surface area (Å²) in [5, 5.41) is -0.572. The molecule has 1 fully saturated rings. The molecule has 5 nitrogen and oxygen atoms in total. The van der Waals surface area contributed by atoms with Gasteiger partial charge >= 0.3 is 8.80 Å². The van der Waals surface area contributed by atoms with Crippen molar-refractivity contribution in [2.24, 2.45) is 0 Å². The Labute approximate surface area is 92.0 Å². The van der Waals surface area contributed by atoms with Crippen molar-refractivity contribution >= 4 is 8.80 Å². The predicted octanol–water partition coefficient (Wildman–Crippen LogP) is 0.598. The summed E-state index contributed by atoms with van der Waals surface area (Å²) in [7, 11) is 1.98. The minimum absolute atomic E-state index is 0.224. The molecule has 6 heteroatoms. The van der Waals surface area contributed by atoms with Gasteiger partial charge in [0.15, 0.2) is 0 Å². The summed E-state index contributed by atoms with van der Waals surface area (Å²) in [5.74, 6) is 0. The van der Waals surface area contributed by atoms with E-state index >= 15 is 0 Å². The first-order chi connectivity index (χ1) is 7.01. The molecule has 0 bridgehead atoms. The van der Waals surface area contributed by atoms with Crippen molar-refractivity contribution in [3.8, 4) is 0 Å². The highest BCUT2D eigenvalue weighted by Crippen LogP contribution is 2.27. The van der Waals surface area contributed by atoms with Crippen LogP contribution in [0.3, 0.4) is 0 Å². The third kappa shape index (κ3) is 2.77. The van der Waals surface area contributed by atoms with E-state index in [2.05, 4.69) is 0 Å². The molecule has 1 aliphatic rings. The third-order valence-corrected chi connectivity index (χ3v) is 5.81. The Morgan fingerprint density at radius 3 is 2.00 bits per heavy atom. The molecule has 1 unspecified atom stereocenters. The SMILES string of the molecule is CO[Si](OC)(OC)C(C)(C)OCC1CO1. The summed E-state index contributed by atoms with van der Waals surface area (Å²) in [6, 6.07) is 0. The average Bonchev–Trinajstić information content (AvgIpc) is 3.01. The molecule has 90 valence electrons. The van der Waals surface area contributed by atoms with Gasteiger partial charge in [0.1, 0.15) is 11.3 Å². The van der Waals surface area contributed by atoms with Gasteiger partial charge in [-0.15, -0.1) is 0 Å². The van der Waals surface area contributed by atoms with Crippen LogP contribution in [-0.4, -0.2) is 54.7 Å². The van der Waals surface area contributed by atoms with Crippen LogP contribution in [0.2, 0.25) is 0 Å². The number of hydrogen-bond acceptors (Lipinski definition) is 5. The van der Waals surface area contributed by atoms with Gasteiger partial charge in [-0.2, -0.15) is 0 Å². The van der Waals surface area contributed by atoms with E-state index in [-0.39, 0.29) is 6.10 Å². The Morgan fingerprint density at radius 1 is 1.20 bits per heavy atom. The highest BCUT2D eigenvalue weighted by molar-refractivity contribution is 6.63. The van der Waals surface area contributed by atoms with Crippen LogP contribution in [0.1, 0.15) is 13.8 Å². The second-order valence-electron chi connectivity index (χ2n) is 3.95. The molecule has 1 saturated heterocycles. The van der Waals surface area contributed by atoms with E-state index in [0.717, 1.165) is 6.61 Å². The quantitative estimate of drug-likeness (QED) is 0.478. The summed E-state index contributed by atoms with van der Waals surface area (Å²) >= 11 is 0. The van der Waals surface area contributed by atoms with Crippen LogP contribution in [0.25, 0.3) is 0 Å². The maximum atomic E-state index is 5.75. The van der Waals surface area contributed by atoms with E-state index in [4.69, 9.17) is 22.8 Å². The van der Waals surface area contributed by atoms with Crippen molar-refractivity contribution in [2.45, 2.75) is 25.2 Å². The van der Waals surface area contributed by atoms with E-state index in [1.165, 1.54) is 0 Å². The van der Waals surface area contributed by atoms with E-state index in [0.29, 0.717) is 6.61 Å². The smallest absolute Gasteiger partial charge is 0.375 e. The molecule has 0 aliphatic carbocycles. The topological polar surface area (TPSA) is 49.5 Å². The zero-order valence-electron chi connectivity index (χ0n) is 10.0. The molecule has 0 aromatic heterocycles. The van der Waals surface area contributed by atoms with Gasteiger partial charge in [0, 0.05) is 21.3 Å². The summed E-state index contributed by atoms with van der Waals surface area (Å²) in [5.41, 5.74) is 0. The van der Waals surface area contributed by atoms with Gasteiger partial charge in [-0.05, 0) is 13.8 Å². The lowest BCUT2D eigenvalue weighted by Crippen LogP contribution is -2.62. The Morgan fingerprint density at radius 2 is 1.67 bits per heavy atom. The molecule has 1 heterocycles. The van der Waals surface area contributed by atoms with Crippen LogP contribution in [0.5, 0.6) is 0 Å². The monoisotopic (exact) mass is 236 g/mol. The van der Waals surface area contributed by atoms with E-state index in [9.17, 15) is 0 Å². The summed E-state index contributed by atoms with van der Waals surface area (Å²) in [6.07, 6.45) is 0.224. The second-order valence-corrected chi connectivity index (χ2v) is 7.49. The van der Waals surface area contributed by atoms with Gasteiger partial charge in [0.25, 0.3) is 0 Å². The van der Waals surface area contributed by atoms with Crippen molar-refractivity contribution in [2.75, 3.05) is 34.5 Å². The Hall–Kier alpha value is 0.0169. The maximum Gasteiger partial charge on any atom is 0.533 e. The Balaban J connectivity index is 2.60. The molecule has 0 radical (unpaired) electrons. The van der Waals surface area contributed by atoms with Gasteiger partial charge in [-0.1, -0.05) is 0 Å². The summed E-state index contributed by atoms with van der Waals surface area (Å²) in [4.78, 5) is 0. The fourth-order valence-corrected chi connectivity index (χ4v) is 3.78. The van der Waals surface area contributed by atoms with E-state index < -0.39 is 14.0 Å². The molecule has 0 amide bonds. The predicted molar refractivity (Wildman–Crippen MR) is 56.6 cm³/mol. The van der Waals surface area contributed by atoms with Crippen LogP contribution >= 0.6 is 0 Å². The van der Waals surface area contributed by atoms with Crippen LogP contribution in [0, 0.1) is 0 Å². The molecular weight excluding hydrogens is 216 g/mol. The van der Waals surface area contributed by atoms with Gasteiger partial charge in [-0.3, -0.25) is 0 Å². The Kier molecular flexibility index (Phi) is 4.27. The average molecular weight is 236 g/mol. The highest BCUT2D eigenvalue weighted by Gasteiger charge is 2.55. The zero-order valence-corrected chi connectivity index (χ0v) is 11.0. The highest BCUT2D eigenvalue weighted by atomic mass is 28.4. The lowest BCUT2D eigenvalue weighted by molar-refractivity contribution is -0.0411. The van der Waals surface area contributed by atoms with Gasteiger partial charge in [-0.25, -0.2) is 0 Å². The summed E-state index contributed by atoms with van der Waals surface area (Å²) < 4.78 is 27.0. The van der Waals surface area contributed by atoms with Crippen molar-refractivity contribution < 1.29 is 22.8 Å². The third-order valence-electron chi connectivity index (χ3n) is 2.58. The first-order valence-corrected chi connectivity index (χ1v) is 6.65. The normalized spacial score (nSPS) is 21.8. The fourth-order valence-electron chi connectivity index (χ4n) is 1.54. The maximum absolute atomic E-state index is 5.75. The molecule has 15 heavy (non-hydrogen) atoms. The molecule has 1 aliphatic heterocycles. The minimum Gasteiger partial charge on any atom is -0.375 e. The number of rotatable bonds is 7. The van der Waals surface area contributed by atoms with Crippen molar-refractivity contribution in [3.63, 3.8) is 0 Å². The van der Waals surface area contributed by atoms with Gasteiger partial charge < -0.3 is 22.8 Å². The van der Waals surface area contributed by atoms with E-state index in [1.54, 1.807) is 21.3 Å². The first kappa shape index (κ1) is 13.1. The molecular formula is C9H20O5Si. The molecule has 0 saturated carbocycles. The van der Waals surface area contributed by atoms with Crippen molar-refractivity contribution in [3.05, 3.63) is 0 Å². The van der Waals surface area contributed by atoms with Crippen molar-refractivity contribution in [1.29, 1.82) is 0 Å². The molecule has 0 spiro atoms. The van der Waals surface area contributed by atoms with Crippen LogP contribution in [0.4, 0.5) is 0 Å².